The predicted molar refractivity (Wildman–Crippen MR) is 183 cm³/mol. The maximum absolute atomic E-state index is 6.06. The topological polar surface area (TPSA) is 92.0 Å². The second-order valence-electron chi connectivity index (χ2n) is 10.2. The number of nitrogens with two attached hydrogens (primary N) is 1. The number of aromatic nitrogens is 3. The van der Waals surface area contributed by atoms with Gasteiger partial charge >= 0.3 is 0 Å². The lowest BCUT2D eigenvalue weighted by molar-refractivity contribution is 0.607. The molecule has 0 aliphatic rings. The van der Waals surface area contributed by atoms with Crippen LogP contribution in [0.2, 0.25) is 0 Å². The average molecular weight is 568 g/mol. The number of hydrogen-bond donors (Lipinski definition) is 3. The summed E-state index contributed by atoms with van der Waals surface area (Å²) in [5.74, 6) is 1.07. The van der Waals surface area contributed by atoms with Crippen molar-refractivity contribution in [1.29, 1.82) is 0 Å². The summed E-state index contributed by atoms with van der Waals surface area (Å²) in [6, 6.07) is 16.2. The van der Waals surface area contributed by atoms with E-state index in [1.807, 2.05) is 82.4 Å². The third-order valence-corrected chi connectivity index (χ3v) is 6.71. The molecular weight excluding hydrogens is 518 g/mol. The first-order valence-electron chi connectivity index (χ1n) is 14.7. The zero-order valence-corrected chi connectivity index (χ0v) is 26.7. The first kappa shape index (κ1) is 34.0. The maximum atomic E-state index is 6.06. The van der Waals surface area contributed by atoms with E-state index in [-0.39, 0.29) is 0 Å². The monoisotopic (exact) mass is 567 g/mol. The number of rotatable bonds is 10. The number of anilines is 4. The van der Waals surface area contributed by atoms with Gasteiger partial charge in [-0.15, -0.1) is 0 Å². The molecule has 0 radical (unpaired) electrons. The Morgan fingerprint density at radius 2 is 1.76 bits per heavy atom. The number of aryl methyl sites for hydroxylation is 2. The quantitative estimate of drug-likeness (QED) is 0.132. The molecule has 7 heteroatoms. The largest absolute Gasteiger partial charge is 0.397 e. The summed E-state index contributed by atoms with van der Waals surface area (Å²) in [6.07, 6.45) is 8.40. The van der Waals surface area contributed by atoms with Crippen LogP contribution in [0.1, 0.15) is 62.3 Å². The number of nitrogens with zero attached hydrogens (tertiary/aromatic N) is 4. The van der Waals surface area contributed by atoms with Gasteiger partial charge < -0.3 is 21.3 Å². The summed E-state index contributed by atoms with van der Waals surface area (Å²) in [7, 11) is 3.97. The number of nitrogen functional groups attached to an aromatic ring is 1. The minimum atomic E-state index is 0.498. The maximum Gasteiger partial charge on any atom is 0.227 e. The van der Waals surface area contributed by atoms with Crippen molar-refractivity contribution in [2.75, 3.05) is 43.1 Å². The minimum absolute atomic E-state index is 0.498. The predicted octanol–water partition coefficient (Wildman–Crippen LogP) is 8.01. The highest BCUT2D eigenvalue weighted by molar-refractivity contribution is 5.75. The molecule has 1 atom stereocenters. The molecule has 42 heavy (non-hydrogen) atoms. The molecule has 0 saturated carbocycles. The van der Waals surface area contributed by atoms with Crippen LogP contribution in [0.5, 0.6) is 0 Å². The highest BCUT2D eigenvalue weighted by Crippen LogP contribution is 2.28. The van der Waals surface area contributed by atoms with Crippen molar-refractivity contribution in [3.05, 3.63) is 96.0 Å². The SMILES string of the molecule is C=Cc1ccc(C(C)CNCCC)c(C)c1.CC.Cc1ccncc1-c1ccnc(Nc2cc(N(C)C)ccc2N)n1. The van der Waals surface area contributed by atoms with Crippen molar-refractivity contribution >= 4 is 29.1 Å². The molecule has 0 saturated heterocycles. The van der Waals surface area contributed by atoms with Crippen LogP contribution in [0, 0.1) is 13.8 Å². The van der Waals surface area contributed by atoms with Crippen LogP contribution in [0.25, 0.3) is 17.3 Å². The molecule has 0 spiro atoms. The fourth-order valence-electron chi connectivity index (χ4n) is 4.34. The van der Waals surface area contributed by atoms with Crippen LogP contribution < -0.4 is 21.3 Å². The molecule has 2 aromatic carbocycles. The van der Waals surface area contributed by atoms with Crippen LogP contribution >= 0.6 is 0 Å². The second-order valence-corrected chi connectivity index (χ2v) is 10.2. The molecule has 0 amide bonds. The van der Waals surface area contributed by atoms with Crippen LogP contribution in [-0.4, -0.2) is 42.1 Å². The molecule has 4 rings (SSSR count). The van der Waals surface area contributed by atoms with Crippen LogP contribution in [0.15, 0.2) is 73.7 Å². The Kier molecular flexibility index (Phi) is 14.2. The van der Waals surface area contributed by atoms with Crippen LogP contribution in [0.4, 0.5) is 23.0 Å². The van der Waals surface area contributed by atoms with Gasteiger partial charge in [-0.3, -0.25) is 4.98 Å². The summed E-state index contributed by atoms with van der Waals surface area (Å²) < 4.78 is 0. The fourth-order valence-corrected chi connectivity index (χ4v) is 4.34. The molecule has 2 aromatic heterocycles. The molecule has 0 aliphatic carbocycles. The molecule has 224 valence electrons. The lowest BCUT2D eigenvalue weighted by Gasteiger charge is -2.16. The third kappa shape index (κ3) is 10.00. The minimum Gasteiger partial charge on any atom is -0.397 e. The smallest absolute Gasteiger partial charge is 0.227 e. The first-order valence-corrected chi connectivity index (χ1v) is 14.7. The Bertz CT molecular complexity index is 1400. The van der Waals surface area contributed by atoms with Crippen molar-refractivity contribution in [2.45, 2.75) is 53.9 Å². The number of pyridine rings is 1. The molecule has 7 nitrogen and oxygen atoms in total. The molecule has 0 fully saturated rings. The van der Waals surface area contributed by atoms with Crippen molar-refractivity contribution < 1.29 is 0 Å². The number of nitrogens with one attached hydrogen (secondary N) is 2. The summed E-state index contributed by atoms with van der Waals surface area (Å²) in [5.41, 5.74) is 15.5. The van der Waals surface area contributed by atoms with E-state index in [1.54, 1.807) is 12.4 Å². The molecular formula is C35H49N7. The van der Waals surface area contributed by atoms with Gasteiger partial charge in [0, 0.05) is 50.5 Å². The zero-order chi connectivity index (χ0) is 31.1. The Balaban J connectivity index is 0.000000299. The molecule has 1 unspecified atom stereocenters. The van der Waals surface area contributed by atoms with E-state index in [9.17, 15) is 0 Å². The Morgan fingerprint density at radius 3 is 2.40 bits per heavy atom. The van der Waals surface area contributed by atoms with Gasteiger partial charge in [-0.25, -0.2) is 9.97 Å². The van der Waals surface area contributed by atoms with Gasteiger partial charge in [0.25, 0.3) is 0 Å². The Morgan fingerprint density at radius 1 is 1.00 bits per heavy atom. The molecule has 4 N–H and O–H groups in total. The normalized spacial score (nSPS) is 10.9. The summed E-state index contributed by atoms with van der Waals surface area (Å²) in [4.78, 5) is 15.1. The zero-order valence-electron chi connectivity index (χ0n) is 26.7. The molecule has 0 aliphatic heterocycles. The van der Waals surface area contributed by atoms with Crippen LogP contribution in [-0.2, 0) is 0 Å². The van der Waals surface area contributed by atoms with Gasteiger partial charge in [-0.1, -0.05) is 58.5 Å². The van der Waals surface area contributed by atoms with E-state index in [0.717, 1.165) is 41.3 Å². The van der Waals surface area contributed by atoms with Crippen LogP contribution in [0.3, 0.4) is 0 Å². The lowest BCUT2D eigenvalue weighted by Crippen LogP contribution is -2.21. The van der Waals surface area contributed by atoms with Gasteiger partial charge in [0.15, 0.2) is 0 Å². The average Bonchev–Trinajstić information content (AvgIpc) is 3.00. The van der Waals surface area contributed by atoms with E-state index < -0.39 is 0 Å². The van der Waals surface area contributed by atoms with E-state index in [2.05, 4.69) is 71.1 Å². The Hall–Kier alpha value is -4.23. The van der Waals surface area contributed by atoms with Crippen molar-refractivity contribution in [2.24, 2.45) is 0 Å². The summed E-state index contributed by atoms with van der Waals surface area (Å²) in [6.45, 7) is 18.6. The lowest BCUT2D eigenvalue weighted by atomic mass is 9.94. The summed E-state index contributed by atoms with van der Waals surface area (Å²) >= 11 is 0. The Labute approximate surface area is 253 Å². The first-order chi connectivity index (χ1) is 20.2. The van der Waals surface area contributed by atoms with E-state index >= 15 is 0 Å². The van der Waals surface area contributed by atoms with Gasteiger partial charge in [0.1, 0.15) is 0 Å². The molecule has 0 bridgehead atoms. The van der Waals surface area contributed by atoms with Gasteiger partial charge in [0.2, 0.25) is 5.95 Å². The number of hydrogen-bond acceptors (Lipinski definition) is 7. The van der Waals surface area contributed by atoms with Crippen molar-refractivity contribution in [1.82, 2.24) is 20.3 Å². The standard InChI is InChI=1S/C18H20N6.C15H23N.C2H6/c1-12-6-8-20-11-14(12)16-7-9-21-18(22-16)23-17-10-13(24(2)3)4-5-15(17)19;1-5-9-16-11-13(4)15-8-7-14(6-2)10-12(15)3;1-2/h4-11H,19H2,1-3H3,(H,21,22,23);6-8,10,13,16H,2,5,9,11H2,1,3-4H3;1-2H3. The van der Waals surface area contributed by atoms with Crippen molar-refractivity contribution in [3.63, 3.8) is 0 Å². The van der Waals surface area contributed by atoms with Gasteiger partial charge in [-0.05, 0) is 85.3 Å². The van der Waals surface area contributed by atoms with Crippen molar-refractivity contribution in [3.8, 4) is 11.3 Å². The van der Waals surface area contributed by atoms with E-state index in [0.29, 0.717) is 17.6 Å². The van der Waals surface area contributed by atoms with Gasteiger partial charge in [-0.2, -0.15) is 0 Å². The number of benzene rings is 2. The molecule has 2 heterocycles. The highest BCUT2D eigenvalue weighted by atomic mass is 15.1. The molecule has 4 aromatic rings. The van der Waals surface area contributed by atoms with E-state index in [1.165, 1.54) is 23.1 Å². The fraction of sp³-hybridized carbons (Fsp3) is 0.343. The highest BCUT2D eigenvalue weighted by Gasteiger charge is 2.09. The van der Waals surface area contributed by atoms with Gasteiger partial charge in [0.05, 0.1) is 17.1 Å². The third-order valence-electron chi connectivity index (χ3n) is 6.71. The second kappa shape index (κ2) is 17.6. The summed E-state index contributed by atoms with van der Waals surface area (Å²) in [5, 5.41) is 6.67. The van der Waals surface area contributed by atoms with E-state index in [4.69, 9.17) is 5.73 Å².